The molecule has 1 heterocycles. The second-order valence-electron chi connectivity index (χ2n) is 6.70. The van der Waals surface area contributed by atoms with Gasteiger partial charge in [-0.15, -0.1) is 22.0 Å². The van der Waals surface area contributed by atoms with E-state index in [-0.39, 0.29) is 11.8 Å². The molecule has 7 nitrogen and oxygen atoms in total. The number of anilines is 1. The van der Waals surface area contributed by atoms with E-state index < -0.39 is 0 Å². The minimum atomic E-state index is -0.178. The zero-order valence-electron chi connectivity index (χ0n) is 17.4. The number of hydrogen-bond donors (Lipinski definition) is 2. The number of hydrogen-bond acceptors (Lipinski definition) is 7. The predicted molar refractivity (Wildman–Crippen MR) is 124 cm³/mol. The number of carbonyl (C=O) groups is 2. The standard InChI is InChI=1S/C22H24N4O3S2/c1-15-6-8-18(9-7-15)30-13-11-19(27)24-22-26-25-20(31-22)10-12-23-21(28)16-4-3-5-17(14-16)29-2/h3-9,14H,10-13H2,1-2H3,(H,23,28)(H,24,26,27). The number of carbonyl (C=O) groups excluding carboxylic acids is 2. The molecule has 2 N–H and O–H groups in total. The number of nitrogens with zero attached hydrogens (tertiary/aromatic N) is 2. The number of benzene rings is 2. The maximum Gasteiger partial charge on any atom is 0.251 e. The van der Waals surface area contributed by atoms with Gasteiger partial charge < -0.3 is 15.4 Å². The molecule has 0 atom stereocenters. The third-order valence-corrected chi connectivity index (χ3v) is 6.20. The van der Waals surface area contributed by atoms with Gasteiger partial charge in [0.1, 0.15) is 10.8 Å². The molecule has 0 unspecified atom stereocenters. The lowest BCUT2D eigenvalue weighted by Gasteiger charge is -2.05. The van der Waals surface area contributed by atoms with Crippen LogP contribution in [0.25, 0.3) is 0 Å². The molecule has 0 aliphatic heterocycles. The number of amides is 2. The van der Waals surface area contributed by atoms with Crippen molar-refractivity contribution in [1.82, 2.24) is 15.5 Å². The summed E-state index contributed by atoms with van der Waals surface area (Å²) in [6.45, 7) is 2.47. The zero-order chi connectivity index (χ0) is 22.1. The minimum absolute atomic E-state index is 0.0892. The Bertz CT molecular complexity index is 1020. The molecule has 0 fully saturated rings. The fourth-order valence-corrected chi connectivity index (χ4v) is 4.24. The Labute approximate surface area is 189 Å². The second kappa shape index (κ2) is 11.5. The summed E-state index contributed by atoms with van der Waals surface area (Å²) in [4.78, 5) is 25.5. The number of methoxy groups -OCH3 is 1. The Balaban J connectivity index is 1.37. The van der Waals surface area contributed by atoms with Gasteiger partial charge in [-0.3, -0.25) is 9.59 Å². The van der Waals surface area contributed by atoms with E-state index in [1.54, 1.807) is 43.1 Å². The van der Waals surface area contributed by atoms with Gasteiger partial charge in [0.25, 0.3) is 5.91 Å². The molecule has 0 saturated heterocycles. The normalized spacial score (nSPS) is 10.5. The van der Waals surface area contributed by atoms with Crippen molar-refractivity contribution in [2.45, 2.75) is 24.7 Å². The summed E-state index contributed by atoms with van der Waals surface area (Å²) in [6.07, 6.45) is 0.927. The minimum Gasteiger partial charge on any atom is -0.497 e. The summed E-state index contributed by atoms with van der Waals surface area (Å²) >= 11 is 2.96. The second-order valence-corrected chi connectivity index (χ2v) is 8.93. The fourth-order valence-electron chi connectivity index (χ4n) is 2.63. The first-order valence-corrected chi connectivity index (χ1v) is 11.6. The number of aryl methyl sites for hydroxylation is 1. The highest BCUT2D eigenvalue weighted by molar-refractivity contribution is 7.99. The maximum absolute atomic E-state index is 12.2. The highest BCUT2D eigenvalue weighted by atomic mass is 32.2. The number of aromatic nitrogens is 2. The van der Waals surface area contributed by atoms with Crippen LogP contribution in [-0.2, 0) is 11.2 Å². The number of rotatable bonds is 10. The van der Waals surface area contributed by atoms with E-state index >= 15 is 0 Å². The van der Waals surface area contributed by atoms with Crippen LogP contribution in [0, 0.1) is 6.92 Å². The lowest BCUT2D eigenvalue weighted by molar-refractivity contribution is -0.115. The van der Waals surface area contributed by atoms with Crippen molar-refractivity contribution in [3.05, 3.63) is 64.7 Å². The van der Waals surface area contributed by atoms with Crippen LogP contribution in [0.4, 0.5) is 5.13 Å². The average molecular weight is 457 g/mol. The number of thioether (sulfide) groups is 1. The van der Waals surface area contributed by atoms with E-state index in [0.29, 0.717) is 41.6 Å². The molecule has 0 radical (unpaired) electrons. The highest BCUT2D eigenvalue weighted by Gasteiger charge is 2.10. The van der Waals surface area contributed by atoms with Crippen LogP contribution in [-0.4, -0.2) is 41.4 Å². The molecule has 2 aromatic carbocycles. The summed E-state index contributed by atoms with van der Waals surface area (Å²) in [5.41, 5.74) is 1.75. The average Bonchev–Trinajstić information content (AvgIpc) is 3.22. The Morgan fingerprint density at radius 2 is 1.94 bits per heavy atom. The molecule has 1 aromatic heterocycles. The van der Waals surface area contributed by atoms with E-state index in [4.69, 9.17) is 4.74 Å². The third kappa shape index (κ3) is 7.37. The van der Waals surface area contributed by atoms with Crippen molar-refractivity contribution in [2.24, 2.45) is 0 Å². The molecule has 0 spiro atoms. The first kappa shape index (κ1) is 22.8. The number of nitrogens with one attached hydrogen (secondary N) is 2. The summed E-state index contributed by atoms with van der Waals surface area (Å²) in [5, 5.41) is 14.9. The van der Waals surface area contributed by atoms with Crippen molar-refractivity contribution in [2.75, 3.05) is 24.7 Å². The molecular weight excluding hydrogens is 432 g/mol. The van der Waals surface area contributed by atoms with Crippen LogP contribution < -0.4 is 15.4 Å². The fraction of sp³-hybridized carbons (Fsp3) is 0.273. The van der Waals surface area contributed by atoms with Crippen LogP contribution in [0.15, 0.2) is 53.4 Å². The zero-order valence-corrected chi connectivity index (χ0v) is 19.0. The van der Waals surface area contributed by atoms with E-state index in [2.05, 4.69) is 45.1 Å². The smallest absolute Gasteiger partial charge is 0.251 e. The summed E-state index contributed by atoms with van der Waals surface area (Å²) in [6, 6.07) is 15.2. The van der Waals surface area contributed by atoms with E-state index in [1.807, 2.05) is 6.92 Å². The monoisotopic (exact) mass is 456 g/mol. The third-order valence-electron chi connectivity index (χ3n) is 4.29. The SMILES string of the molecule is COc1cccc(C(=O)NCCc2nnc(NC(=O)CCSc3ccc(C)cc3)s2)c1. The van der Waals surface area contributed by atoms with Gasteiger partial charge in [0.15, 0.2) is 0 Å². The lowest BCUT2D eigenvalue weighted by Crippen LogP contribution is -2.25. The number of ether oxygens (including phenoxy) is 1. The van der Waals surface area contributed by atoms with Crippen LogP contribution in [0.2, 0.25) is 0 Å². The van der Waals surface area contributed by atoms with Gasteiger partial charge in [-0.05, 0) is 37.3 Å². The predicted octanol–water partition coefficient (Wildman–Crippen LogP) is 3.95. The van der Waals surface area contributed by atoms with Crippen molar-refractivity contribution in [3.8, 4) is 5.75 Å². The lowest BCUT2D eigenvalue weighted by atomic mass is 10.2. The summed E-state index contributed by atoms with van der Waals surface area (Å²) in [7, 11) is 1.56. The molecule has 0 saturated carbocycles. The Kier molecular flexibility index (Phi) is 8.43. The van der Waals surface area contributed by atoms with E-state index in [0.717, 1.165) is 9.90 Å². The van der Waals surface area contributed by atoms with Crippen LogP contribution in [0.3, 0.4) is 0 Å². The topological polar surface area (TPSA) is 93.2 Å². The molecular formula is C22H24N4O3S2. The van der Waals surface area contributed by atoms with Crippen molar-refractivity contribution < 1.29 is 14.3 Å². The molecule has 9 heteroatoms. The van der Waals surface area contributed by atoms with Crippen molar-refractivity contribution >= 4 is 40.0 Å². The van der Waals surface area contributed by atoms with Gasteiger partial charge in [-0.1, -0.05) is 35.1 Å². The van der Waals surface area contributed by atoms with Crippen molar-refractivity contribution in [1.29, 1.82) is 0 Å². The van der Waals surface area contributed by atoms with Gasteiger partial charge in [0.2, 0.25) is 11.0 Å². The molecule has 2 amide bonds. The largest absolute Gasteiger partial charge is 0.497 e. The van der Waals surface area contributed by atoms with E-state index in [1.165, 1.54) is 16.9 Å². The molecule has 31 heavy (non-hydrogen) atoms. The Hall–Kier alpha value is -2.91. The maximum atomic E-state index is 12.2. The molecule has 0 bridgehead atoms. The molecule has 3 aromatic rings. The van der Waals surface area contributed by atoms with Gasteiger partial charge in [-0.25, -0.2) is 0 Å². The van der Waals surface area contributed by atoms with Gasteiger partial charge in [0.05, 0.1) is 7.11 Å². The van der Waals surface area contributed by atoms with Gasteiger partial charge in [-0.2, -0.15) is 0 Å². The van der Waals surface area contributed by atoms with E-state index in [9.17, 15) is 9.59 Å². The summed E-state index contributed by atoms with van der Waals surface area (Å²) < 4.78 is 5.13. The molecule has 162 valence electrons. The first-order chi connectivity index (χ1) is 15.0. The quantitative estimate of drug-likeness (QED) is 0.449. The molecule has 0 aliphatic rings. The summed E-state index contributed by atoms with van der Waals surface area (Å²) in [5.74, 6) is 1.06. The van der Waals surface area contributed by atoms with Crippen LogP contribution >= 0.6 is 23.1 Å². The van der Waals surface area contributed by atoms with Crippen LogP contribution in [0.5, 0.6) is 5.75 Å². The van der Waals surface area contributed by atoms with Crippen LogP contribution in [0.1, 0.15) is 27.3 Å². The first-order valence-electron chi connectivity index (χ1n) is 9.77. The highest BCUT2D eigenvalue weighted by Crippen LogP contribution is 2.20. The Morgan fingerprint density at radius 1 is 1.13 bits per heavy atom. The molecule has 3 rings (SSSR count). The Morgan fingerprint density at radius 3 is 2.71 bits per heavy atom. The van der Waals surface area contributed by atoms with Gasteiger partial charge in [0, 0.05) is 35.6 Å². The van der Waals surface area contributed by atoms with Crippen molar-refractivity contribution in [3.63, 3.8) is 0 Å². The molecule has 0 aliphatic carbocycles. The van der Waals surface area contributed by atoms with Gasteiger partial charge >= 0.3 is 0 Å².